The molecule has 6 heteroatoms. The Morgan fingerprint density at radius 1 is 1.04 bits per heavy atom. The van der Waals surface area contributed by atoms with Gasteiger partial charge in [0.25, 0.3) is 0 Å². The van der Waals surface area contributed by atoms with E-state index < -0.39 is 6.03 Å². The van der Waals surface area contributed by atoms with Crippen molar-refractivity contribution >= 4 is 11.9 Å². The van der Waals surface area contributed by atoms with Crippen LogP contribution in [-0.2, 0) is 4.79 Å². The standard InChI is InChI=1S/C17H32N4O2/c1-17(2,3)19-16(23)18-15(22)13-21-11-7-8-14(21)12-20-9-5-4-6-10-20/h14H,4-13H2,1-3H3,(H2,18,19,22,23)/t14-/m1/s1. The number of nitrogens with zero attached hydrogens (tertiary/aromatic N) is 2. The molecule has 2 aliphatic heterocycles. The summed E-state index contributed by atoms with van der Waals surface area (Å²) in [5, 5.41) is 5.20. The van der Waals surface area contributed by atoms with E-state index in [2.05, 4.69) is 20.4 Å². The molecule has 2 heterocycles. The van der Waals surface area contributed by atoms with Gasteiger partial charge in [-0.15, -0.1) is 0 Å². The van der Waals surface area contributed by atoms with Crippen molar-refractivity contribution in [2.45, 2.75) is 64.5 Å². The third-order valence-corrected chi connectivity index (χ3v) is 4.50. The Kier molecular flexibility index (Phi) is 6.41. The lowest BCUT2D eigenvalue weighted by Gasteiger charge is -2.32. The Bertz CT molecular complexity index is 413. The molecule has 0 aromatic carbocycles. The second kappa shape index (κ2) is 8.11. The van der Waals surface area contributed by atoms with E-state index in [1.54, 1.807) is 0 Å². The first kappa shape index (κ1) is 18.2. The van der Waals surface area contributed by atoms with E-state index in [9.17, 15) is 9.59 Å². The second-order valence-corrected chi connectivity index (χ2v) is 7.88. The smallest absolute Gasteiger partial charge is 0.321 e. The molecule has 0 aromatic heterocycles. The zero-order chi connectivity index (χ0) is 16.9. The SMILES string of the molecule is CC(C)(C)NC(=O)NC(=O)CN1CCC[C@@H]1CN1CCCCC1. The normalized spacial score (nSPS) is 23.7. The first-order valence-electron chi connectivity index (χ1n) is 8.92. The molecule has 0 unspecified atom stereocenters. The highest BCUT2D eigenvalue weighted by atomic mass is 16.2. The lowest BCUT2D eigenvalue weighted by Crippen LogP contribution is -2.51. The topological polar surface area (TPSA) is 64.7 Å². The number of carbonyl (C=O) groups excluding carboxylic acids is 2. The largest absolute Gasteiger partial charge is 0.333 e. The molecule has 3 amide bonds. The Morgan fingerprint density at radius 2 is 1.74 bits per heavy atom. The fraction of sp³-hybridized carbons (Fsp3) is 0.882. The van der Waals surface area contributed by atoms with Crippen molar-refractivity contribution in [1.29, 1.82) is 0 Å². The zero-order valence-electron chi connectivity index (χ0n) is 14.9. The number of piperidine rings is 1. The Labute approximate surface area is 140 Å². The van der Waals surface area contributed by atoms with Crippen molar-refractivity contribution in [3.63, 3.8) is 0 Å². The van der Waals surface area contributed by atoms with Gasteiger partial charge < -0.3 is 10.2 Å². The number of urea groups is 1. The van der Waals surface area contributed by atoms with Gasteiger partial charge in [-0.3, -0.25) is 15.0 Å². The van der Waals surface area contributed by atoms with Crippen LogP contribution in [0.4, 0.5) is 4.79 Å². The predicted octanol–water partition coefficient (Wildman–Crippen LogP) is 1.56. The maximum Gasteiger partial charge on any atom is 0.321 e. The molecular formula is C17H32N4O2. The number of amides is 3. The first-order valence-corrected chi connectivity index (χ1v) is 8.92. The molecule has 0 aliphatic carbocycles. The third kappa shape index (κ3) is 6.47. The number of carbonyl (C=O) groups is 2. The minimum Gasteiger partial charge on any atom is -0.333 e. The average Bonchev–Trinajstić information content (AvgIpc) is 2.84. The summed E-state index contributed by atoms with van der Waals surface area (Å²) in [5.41, 5.74) is -0.338. The van der Waals surface area contributed by atoms with Gasteiger partial charge in [-0.1, -0.05) is 6.42 Å². The number of likely N-dealkylation sites (tertiary alicyclic amines) is 2. The molecule has 2 rings (SSSR count). The number of imide groups is 1. The van der Waals surface area contributed by atoms with Crippen LogP contribution >= 0.6 is 0 Å². The Hall–Kier alpha value is -1.14. The highest BCUT2D eigenvalue weighted by Gasteiger charge is 2.28. The van der Waals surface area contributed by atoms with Gasteiger partial charge in [0.15, 0.2) is 0 Å². The number of nitrogens with one attached hydrogen (secondary N) is 2. The predicted molar refractivity (Wildman–Crippen MR) is 91.3 cm³/mol. The van der Waals surface area contributed by atoms with E-state index in [0.29, 0.717) is 12.6 Å². The van der Waals surface area contributed by atoms with Gasteiger partial charge in [0, 0.05) is 18.1 Å². The van der Waals surface area contributed by atoms with Crippen LogP contribution in [0.3, 0.4) is 0 Å². The molecule has 2 fully saturated rings. The third-order valence-electron chi connectivity index (χ3n) is 4.50. The molecule has 2 aliphatic rings. The maximum atomic E-state index is 12.1. The Balaban J connectivity index is 1.76. The van der Waals surface area contributed by atoms with Crippen LogP contribution in [0.2, 0.25) is 0 Å². The molecule has 0 saturated carbocycles. The number of hydrogen-bond acceptors (Lipinski definition) is 4. The molecule has 23 heavy (non-hydrogen) atoms. The highest BCUT2D eigenvalue weighted by Crippen LogP contribution is 2.19. The summed E-state index contributed by atoms with van der Waals surface area (Å²) in [6.07, 6.45) is 6.22. The van der Waals surface area contributed by atoms with Crippen molar-refractivity contribution < 1.29 is 9.59 Å². The van der Waals surface area contributed by atoms with Crippen molar-refractivity contribution in [1.82, 2.24) is 20.4 Å². The van der Waals surface area contributed by atoms with Gasteiger partial charge in [-0.2, -0.15) is 0 Å². The van der Waals surface area contributed by atoms with Gasteiger partial charge in [0.05, 0.1) is 6.54 Å². The lowest BCUT2D eigenvalue weighted by molar-refractivity contribution is -0.121. The fourth-order valence-electron chi connectivity index (χ4n) is 3.47. The summed E-state index contributed by atoms with van der Waals surface area (Å²) in [4.78, 5) is 28.6. The molecule has 1 atom stereocenters. The van der Waals surface area contributed by atoms with Crippen LogP contribution in [0, 0.1) is 0 Å². The van der Waals surface area contributed by atoms with Crippen LogP contribution < -0.4 is 10.6 Å². The molecule has 2 N–H and O–H groups in total. The molecule has 0 bridgehead atoms. The van der Waals surface area contributed by atoms with E-state index in [-0.39, 0.29) is 11.4 Å². The van der Waals surface area contributed by atoms with Crippen molar-refractivity contribution in [3.05, 3.63) is 0 Å². The summed E-state index contributed by atoms with van der Waals surface area (Å²) in [6.45, 7) is 10.4. The quantitative estimate of drug-likeness (QED) is 0.824. The monoisotopic (exact) mass is 324 g/mol. The van der Waals surface area contributed by atoms with Gasteiger partial charge in [0.1, 0.15) is 0 Å². The van der Waals surface area contributed by atoms with E-state index >= 15 is 0 Å². The summed E-state index contributed by atoms with van der Waals surface area (Å²) in [7, 11) is 0. The van der Waals surface area contributed by atoms with E-state index in [4.69, 9.17) is 0 Å². The number of hydrogen-bond donors (Lipinski definition) is 2. The summed E-state index contributed by atoms with van der Waals surface area (Å²) < 4.78 is 0. The molecule has 2 saturated heterocycles. The molecule has 0 radical (unpaired) electrons. The van der Waals surface area contributed by atoms with Crippen molar-refractivity contribution in [3.8, 4) is 0 Å². The maximum absolute atomic E-state index is 12.1. The summed E-state index contributed by atoms with van der Waals surface area (Å²) in [5.74, 6) is -0.211. The van der Waals surface area contributed by atoms with Crippen LogP contribution in [0.1, 0.15) is 52.9 Å². The first-order chi connectivity index (χ1) is 10.8. The van der Waals surface area contributed by atoms with E-state index in [0.717, 1.165) is 25.9 Å². The summed E-state index contributed by atoms with van der Waals surface area (Å²) in [6, 6.07) is 0.0406. The fourth-order valence-corrected chi connectivity index (χ4v) is 3.47. The minimum absolute atomic E-state index is 0.211. The molecule has 132 valence electrons. The van der Waals surface area contributed by atoms with E-state index in [1.807, 2.05) is 20.8 Å². The molecule has 0 aromatic rings. The van der Waals surface area contributed by atoms with Crippen LogP contribution in [0.25, 0.3) is 0 Å². The number of rotatable bonds is 4. The molecular weight excluding hydrogens is 292 g/mol. The minimum atomic E-state index is -0.408. The van der Waals surface area contributed by atoms with Gasteiger partial charge in [0.2, 0.25) is 5.91 Å². The Morgan fingerprint density at radius 3 is 2.39 bits per heavy atom. The summed E-state index contributed by atoms with van der Waals surface area (Å²) >= 11 is 0. The second-order valence-electron chi connectivity index (χ2n) is 7.88. The van der Waals surface area contributed by atoms with Gasteiger partial charge >= 0.3 is 6.03 Å². The van der Waals surface area contributed by atoms with E-state index in [1.165, 1.54) is 32.4 Å². The van der Waals surface area contributed by atoms with Crippen LogP contribution in [0.5, 0.6) is 0 Å². The van der Waals surface area contributed by atoms with Gasteiger partial charge in [-0.25, -0.2) is 4.79 Å². The van der Waals surface area contributed by atoms with Crippen molar-refractivity contribution in [2.75, 3.05) is 32.7 Å². The molecule has 0 spiro atoms. The van der Waals surface area contributed by atoms with Crippen LogP contribution in [-0.4, -0.2) is 66.0 Å². The highest BCUT2D eigenvalue weighted by molar-refractivity contribution is 5.95. The van der Waals surface area contributed by atoms with Gasteiger partial charge in [-0.05, 0) is 66.1 Å². The van der Waals surface area contributed by atoms with Crippen molar-refractivity contribution in [2.24, 2.45) is 0 Å². The van der Waals surface area contributed by atoms with Crippen LogP contribution in [0.15, 0.2) is 0 Å². The average molecular weight is 324 g/mol. The lowest BCUT2D eigenvalue weighted by atomic mass is 10.1. The molecule has 6 nitrogen and oxygen atoms in total. The zero-order valence-corrected chi connectivity index (χ0v) is 14.9.